The second-order valence-electron chi connectivity index (χ2n) is 6.74. The molecule has 4 rings (SSSR count). The Balaban J connectivity index is 0.00000140. The molecule has 0 radical (unpaired) electrons. The summed E-state index contributed by atoms with van der Waals surface area (Å²) < 4.78 is 5.48. The van der Waals surface area contributed by atoms with E-state index in [4.69, 9.17) is 4.74 Å². The number of aromatic nitrogens is 2. The maximum absolute atomic E-state index is 12.7. The smallest absolute Gasteiger partial charge is 0.272 e. The van der Waals surface area contributed by atoms with Crippen LogP contribution >= 0.6 is 24.8 Å². The van der Waals surface area contributed by atoms with Crippen molar-refractivity contribution in [3.63, 3.8) is 0 Å². The number of ether oxygens (including phenoxy) is 1. The number of nitrogens with one attached hydrogen (secondary N) is 3. The number of H-pyrrole nitrogens is 1. The number of carbonyl (C=O) groups is 1. The van der Waals surface area contributed by atoms with E-state index in [-0.39, 0.29) is 36.8 Å². The Morgan fingerprint density at radius 1 is 1.21 bits per heavy atom. The van der Waals surface area contributed by atoms with E-state index >= 15 is 0 Å². The molecule has 28 heavy (non-hydrogen) atoms. The van der Waals surface area contributed by atoms with Crippen molar-refractivity contribution < 1.29 is 9.53 Å². The van der Waals surface area contributed by atoms with Crippen molar-refractivity contribution in [3.05, 3.63) is 52.8 Å². The largest absolute Gasteiger partial charge is 0.379 e. The van der Waals surface area contributed by atoms with E-state index in [1.807, 2.05) is 18.2 Å². The summed E-state index contributed by atoms with van der Waals surface area (Å²) in [4.78, 5) is 15.1. The third-order valence-corrected chi connectivity index (χ3v) is 5.15. The molecule has 1 aromatic heterocycles. The maximum Gasteiger partial charge on any atom is 0.272 e. The van der Waals surface area contributed by atoms with Crippen LogP contribution < -0.4 is 10.6 Å². The summed E-state index contributed by atoms with van der Waals surface area (Å²) in [6.45, 7) is 5.38. The van der Waals surface area contributed by atoms with Gasteiger partial charge in [0.05, 0.1) is 19.3 Å². The standard InChI is InChI=1S/C19H25N5O2.2ClH/c25-19(18-15-12-20-7-6-16(15)22-23-18)21-13-17(14-4-2-1-3-5-14)24-8-10-26-11-9-24;;/h1-5,17,20H,6-13H2,(H,21,25)(H,22,23);2*1H. The summed E-state index contributed by atoms with van der Waals surface area (Å²) in [5.74, 6) is -0.111. The van der Waals surface area contributed by atoms with Gasteiger partial charge in [-0.3, -0.25) is 14.8 Å². The first kappa shape index (κ1) is 22.6. The van der Waals surface area contributed by atoms with Crippen molar-refractivity contribution in [2.45, 2.75) is 19.0 Å². The molecule has 0 aliphatic carbocycles. The Kier molecular flexibility index (Phi) is 8.72. The van der Waals surface area contributed by atoms with Crippen LogP contribution in [0.3, 0.4) is 0 Å². The summed E-state index contributed by atoms with van der Waals surface area (Å²) in [6.07, 6.45) is 0.885. The van der Waals surface area contributed by atoms with Crippen LogP contribution in [0, 0.1) is 0 Å². The van der Waals surface area contributed by atoms with E-state index in [9.17, 15) is 4.79 Å². The van der Waals surface area contributed by atoms with Crippen LogP contribution in [-0.4, -0.2) is 60.4 Å². The molecule has 0 bridgehead atoms. The quantitative estimate of drug-likeness (QED) is 0.676. The Morgan fingerprint density at radius 2 is 1.96 bits per heavy atom. The van der Waals surface area contributed by atoms with E-state index in [1.54, 1.807) is 0 Å². The third-order valence-electron chi connectivity index (χ3n) is 5.15. The lowest BCUT2D eigenvalue weighted by Crippen LogP contribution is -2.44. The minimum absolute atomic E-state index is 0. The number of morpholine rings is 1. The average molecular weight is 428 g/mol. The van der Waals surface area contributed by atoms with Crippen molar-refractivity contribution in [2.24, 2.45) is 0 Å². The van der Waals surface area contributed by atoms with Crippen LogP contribution in [0.4, 0.5) is 0 Å². The number of hydrogen-bond donors (Lipinski definition) is 3. The normalized spacial score (nSPS) is 17.6. The molecule has 3 N–H and O–H groups in total. The minimum atomic E-state index is -0.111. The minimum Gasteiger partial charge on any atom is -0.379 e. The molecule has 1 amide bonds. The lowest BCUT2D eigenvalue weighted by molar-refractivity contribution is 0.0162. The number of benzene rings is 1. The highest BCUT2D eigenvalue weighted by atomic mass is 35.5. The van der Waals surface area contributed by atoms with Crippen molar-refractivity contribution in [1.29, 1.82) is 0 Å². The molecule has 2 aliphatic heterocycles. The Morgan fingerprint density at radius 3 is 2.71 bits per heavy atom. The van der Waals surface area contributed by atoms with Crippen molar-refractivity contribution >= 4 is 30.7 Å². The van der Waals surface area contributed by atoms with Crippen molar-refractivity contribution in [1.82, 2.24) is 25.7 Å². The average Bonchev–Trinajstić information content (AvgIpc) is 3.14. The fraction of sp³-hybridized carbons (Fsp3) is 0.474. The SMILES string of the molecule is Cl.Cl.O=C(NCC(c1ccccc1)N1CCOCC1)c1n[nH]c2c1CNCC2. The van der Waals surface area contributed by atoms with Crippen LogP contribution in [0.25, 0.3) is 0 Å². The number of aromatic amines is 1. The first-order chi connectivity index (χ1) is 12.8. The molecule has 1 unspecified atom stereocenters. The summed E-state index contributed by atoms with van der Waals surface area (Å²) in [5.41, 5.74) is 3.79. The Bertz CT molecular complexity index is 750. The molecule has 1 atom stereocenters. The van der Waals surface area contributed by atoms with Gasteiger partial charge in [0.25, 0.3) is 5.91 Å². The molecule has 1 fully saturated rings. The van der Waals surface area contributed by atoms with Gasteiger partial charge in [0, 0.05) is 50.4 Å². The number of rotatable bonds is 5. The van der Waals surface area contributed by atoms with Gasteiger partial charge in [-0.2, -0.15) is 5.10 Å². The topological polar surface area (TPSA) is 82.3 Å². The zero-order valence-electron chi connectivity index (χ0n) is 15.6. The van der Waals surface area contributed by atoms with Crippen molar-refractivity contribution in [3.8, 4) is 0 Å². The molecular weight excluding hydrogens is 401 g/mol. The summed E-state index contributed by atoms with van der Waals surface area (Å²) in [5, 5.41) is 13.7. The van der Waals surface area contributed by atoms with Gasteiger partial charge in [-0.25, -0.2) is 0 Å². The zero-order chi connectivity index (χ0) is 17.8. The van der Waals surface area contributed by atoms with E-state index in [0.717, 1.165) is 50.5 Å². The predicted molar refractivity (Wildman–Crippen MR) is 112 cm³/mol. The first-order valence-electron chi connectivity index (χ1n) is 9.24. The fourth-order valence-corrected chi connectivity index (χ4v) is 3.71. The molecule has 154 valence electrons. The number of nitrogens with zero attached hydrogens (tertiary/aromatic N) is 2. The monoisotopic (exact) mass is 427 g/mol. The lowest BCUT2D eigenvalue weighted by Gasteiger charge is -2.34. The van der Waals surface area contributed by atoms with Crippen LogP contribution in [0.5, 0.6) is 0 Å². The van der Waals surface area contributed by atoms with Gasteiger partial charge in [0.2, 0.25) is 0 Å². The van der Waals surface area contributed by atoms with Crippen LogP contribution in [0.2, 0.25) is 0 Å². The number of fused-ring (bicyclic) bond motifs is 1. The zero-order valence-corrected chi connectivity index (χ0v) is 17.3. The summed E-state index contributed by atoms with van der Waals surface area (Å²) in [6, 6.07) is 10.5. The molecule has 9 heteroatoms. The number of hydrogen-bond acceptors (Lipinski definition) is 5. The highest BCUT2D eigenvalue weighted by Gasteiger charge is 2.25. The van der Waals surface area contributed by atoms with E-state index < -0.39 is 0 Å². The lowest BCUT2D eigenvalue weighted by atomic mass is 10.0. The molecule has 1 aromatic carbocycles. The highest BCUT2D eigenvalue weighted by molar-refractivity contribution is 5.94. The second kappa shape index (κ2) is 10.8. The summed E-state index contributed by atoms with van der Waals surface area (Å²) >= 11 is 0. The Labute approximate surface area is 177 Å². The van der Waals surface area contributed by atoms with Gasteiger partial charge < -0.3 is 15.4 Å². The van der Waals surface area contributed by atoms with Gasteiger partial charge in [-0.15, -0.1) is 24.8 Å². The molecule has 3 heterocycles. The van der Waals surface area contributed by atoms with Gasteiger partial charge in [0.15, 0.2) is 5.69 Å². The Hall–Kier alpha value is -1.64. The molecule has 2 aliphatic rings. The van der Waals surface area contributed by atoms with E-state index in [1.165, 1.54) is 5.56 Å². The highest BCUT2D eigenvalue weighted by Crippen LogP contribution is 2.21. The molecule has 0 saturated carbocycles. The van der Waals surface area contributed by atoms with Crippen LogP contribution in [0.15, 0.2) is 30.3 Å². The first-order valence-corrected chi connectivity index (χ1v) is 9.24. The molecule has 1 saturated heterocycles. The van der Waals surface area contributed by atoms with Gasteiger partial charge in [-0.05, 0) is 5.56 Å². The maximum atomic E-state index is 12.7. The summed E-state index contributed by atoms with van der Waals surface area (Å²) in [7, 11) is 0. The molecule has 7 nitrogen and oxygen atoms in total. The van der Waals surface area contributed by atoms with Gasteiger partial charge in [0.1, 0.15) is 0 Å². The van der Waals surface area contributed by atoms with Gasteiger partial charge in [-0.1, -0.05) is 30.3 Å². The molecular formula is C19H27Cl2N5O2. The fourth-order valence-electron chi connectivity index (χ4n) is 3.71. The second-order valence-corrected chi connectivity index (χ2v) is 6.74. The van der Waals surface area contributed by atoms with Gasteiger partial charge >= 0.3 is 0 Å². The van der Waals surface area contributed by atoms with Crippen LogP contribution in [-0.2, 0) is 17.7 Å². The number of amides is 1. The third kappa shape index (κ3) is 5.04. The van der Waals surface area contributed by atoms with E-state index in [0.29, 0.717) is 18.8 Å². The predicted octanol–water partition coefficient (Wildman–Crippen LogP) is 1.70. The number of halogens is 2. The van der Waals surface area contributed by atoms with Crippen molar-refractivity contribution in [2.75, 3.05) is 39.4 Å². The number of carbonyl (C=O) groups excluding carboxylic acids is 1. The van der Waals surface area contributed by atoms with Crippen LogP contribution in [0.1, 0.15) is 33.4 Å². The van der Waals surface area contributed by atoms with E-state index in [2.05, 4.69) is 37.9 Å². The molecule has 2 aromatic rings. The molecule has 0 spiro atoms.